The van der Waals surface area contributed by atoms with E-state index in [0.29, 0.717) is 24.6 Å². The van der Waals surface area contributed by atoms with Gasteiger partial charge in [0.15, 0.2) is 0 Å². The number of ether oxygens (including phenoxy) is 1. The van der Waals surface area contributed by atoms with E-state index in [1.54, 1.807) is 4.57 Å². The molecule has 5 aromatic rings. The third kappa shape index (κ3) is 6.92. The summed E-state index contributed by atoms with van der Waals surface area (Å²) in [6, 6.07) is 26.6. The predicted molar refractivity (Wildman–Crippen MR) is 166 cm³/mol. The van der Waals surface area contributed by atoms with E-state index in [2.05, 4.69) is 50.5 Å². The molecule has 0 saturated carbocycles. The number of para-hydroxylation sites is 1. The van der Waals surface area contributed by atoms with Crippen molar-refractivity contribution in [3.05, 3.63) is 107 Å². The van der Waals surface area contributed by atoms with Gasteiger partial charge in [-0.3, -0.25) is 9.55 Å². The van der Waals surface area contributed by atoms with Crippen molar-refractivity contribution in [3.8, 4) is 5.75 Å². The summed E-state index contributed by atoms with van der Waals surface area (Å²) in [4.78, 5) is 24.0. The SMILES string of the molecule is O=c1nc2cc(OCC3CCN(CCNc4ccnc5ccccc45)CC3)ccc2cn1CCCc1ccccc1. The fourth-order valence-electron chi connectivity index (χ4n) is 5.66. The van der Waals surface area contributed by atoms with Gasteiger partial charge in [0, 0.05) is 54.6 Å². The molecule has 0 unspecified atom stereocenters. The number of benzene rings is 3. The molecule has 1 aliphatic heterocycles. The number of pyridine rings is 1. The first-order chi connectivity index (χ1) is 20.2. The molecule has 41 heavy (non-hydrogen) atoms. The van der Waals surface area contributed by atoms with Crippen LogP contribution in [0.3, 0.4) is 0 Å². The Morgan fingerprint density at radius 3 is 2.61 bits per heavy atom. The summed E-state index contributed by atoms with van der Waals surface area (Å²) >= 11 is 0. The third-order valence-electron chi connectivity index (χ3n) is 8.05. The van der Waals surface area contributed by atoms with E-state index in [4.69, 9.17) is 4.74 Å². The van der Waals surface area contributed by atoms with E-state index in [-0.39, 0.29) is 5.69 Å². The maximum Gasteiger partial charge on any atom is 0.348 e. The Labute approximate surface area is 240 Å². The van der Waals surface area contributed by atoms with Crippen molar-refractivity contribution in [1.82, 2.24) is 19.4 Å². The minimum Gasteiger partial charge on any atom is -0.493 e. The van der Waals surface area contributed by atoms with Gasteiger partial charge in [-0.25, -0.2) is 4.79 Å². The Morgan fingerprint density at radius 1 is 0.902 bits per heavy atom. The molecule has 7 heteroatoms. The van der Waals surface area contributed by atoms with Gasteiger partial charge in [0.05, 0.1) is 17.6 Å². The van der Waals surface area contributed by atoms with Crippen LogP contribution in [0.2, 0.25) is 0 Å². The van der Waals surface area contributed by atoms with Gasteiger partial charge in [-0.2, -0.15) is 4.98 Å². The van der Waals surface area contributed by atoms with E-state index in [0.717, 1.165) is 74.2 Å². The van der Waals surface area contributed by atoms with Gasteiger partial charge in [-0.15, -0.1) is 0 Å². The number of rotatable bonds is 11. The fraction of sp³-hybridized carbons (Fsp3) is 0.324. The number of anilines is 1. The van der Waals surface area contributed by atoms with Gasteiger partial charge in [0.1, 0.15) is 5.75 Å². The standard InChI is InChI=1S/C34H37N5O2/c40-34-37-33-23-29(13-12-28(33)24-39(34)19-6-9-26-7-2-1-3-8-26)41-25-27-15-20-38(21-16-27)22-18-36-32-14-17-35-31-11-5-4-10-30(31)32/h1-5,7-8,10-14,17,23-24,27H,6,9,15-16,18-22,25H2,(H,35,36). The van der Waals surface area contributed by atoms with E-state index >= 15 is 0 Å². The summed E-state index contributed by atoms with van der Waals surface area (Å²) in [5, 5.41) is 5.72. The molecule has 7 nitrogen and oxygen atoms in total. The second kappa shape index (κ2) is 13.0. The summed E-state index contributed by atoms with van der Waals surface area (Å²) in [5.74, 6) is 1.31. The van der Waals surface area contributed by atoms with E-state index in [9.17, 15) is 4.79 Å². The highest BCUT2D eigenvalue weighted by atomic mass is 16.5. The molecule has 0 radical (unpaired) electrons. The van der Waals surface area contributed by atoms with E-state index in [1.807, 2.05) is 60.9 Å². The zero-order valence-corrected chi connectivity index (χ0v) is 23.4. The van der Waals surface area contributed by atoms with Crippen LogP contribution in [0.15, 0.2) is 96.1 Å². The van der Waals surface area contributed by atoms with Crippen LogP contribution in [0, 0.1) is 5.92 Å². The molecule has 3 heterocycles. The number of nitrogens with zero attached hydrogens (tertiary/aromatic N) is 4. The second-order valence-corrected chi connectivity index (χ2v) is 10.9. The minimum atomic E-state index is -0.207. The normalized spacial score (nSPS) is 14.4. The first-order valence-corrected chi connectivity index (χ1v) is 14.7. The fourth-order valence-corrected chi connectivity index (χ4v) is 5.66. The van der Waals surface area contributed by atoms with E-state index in [1.165, 1.54) is 10.9 Å². The molecule has 1 saturated heterocycles. The maximum atomic E-state index is 12.6. The lowest BCUT2D eigenvalue weighted by molar-refractivity contribution is 0.145. The van der Waals surface area contributed by atoms with Gasteiger partial charge in [0.2, 0.25) is 0 Å². The van der Waals surface area contributed by atoms with Crippen molar-refractivity contribution in [2.75, 3.05) is 38.1 Å². The second-order valence-electron chi connectivity index (χ2n) is 10.9. The maximum absolute atomic E-state index is 12.6. The van der Waals surface area contributed by atoms with Crippen LogP contribution in [0.1, 0.15) is 24.8 Å². The first-order valence-electron chi connectivity index (χ1n) is 14.7. The van der Waals surface area contributed by atoms with Crippen LogP contribution >= 0.6 is 0 Å². The molecule has 3 aromatic carbocycles. The van der Waals surface area contributed by atoms with Crippen molar-refractivity contribution in [1.29, 1.82) is 0 Å². The molecule has 0 spiro atoms. The molecule has 210 valence electrons. The van der Waals surface area contributed by atoms with E-state index < -0.39 is 0 Å². The van der Waals surface area contributed by atoms with Crippen molar-refractivity contribution < 1.29 is 4.74 Å². The van der Waals surface area contributed by atoms with Crippen molar-refractivity contribution in [3.63, 3.8) is 0 Å². The van der Waals surface area contributed by atoms with Crippen LogP contribution in [0.4, 0.5) is 5.69 Å². The van der Waals surface area contributed by atoms with Crippen LogP contribution in [0.5, 0.6) is 5.75 Å². The molecule has 1 aliphatic rings. The smallest absolute Gasteiger partial charge is 0.348 e. The van der Waals surface area contributed by atoms with Crippen molar-refractivity contribution >= 4 is 27.5 Å². The highest BCUT2D eigenvalue weighted by Crippen LogP contribution is 2.23. The van der Waals surface area contributed by atoms with Gasteiger partial charge in [0.25, 0.3) is 0 Å². The van der Waals surface area contributed by atoms with Gasteiger partial charge >= 0.3 is 5.69 Å². The largest absolute Gasteiger partial charge is 0.493 e. The van der Waals surface area contributed by atoms with Crippen LogP contribution in [-0.2, 0) is 13.0 Å². The highest BCUT2D eigenvalue weighted by Gasteiger charge is 2.19. The average Bonchev–Trinajstić information content (AvgIpc) is 3.01. The molecular weight excluding hydrogens is 510 g/mol. The van der Waals surface area contributed by atoms with Crippen LogP contribution < -0.4 is 15.7 Å². The first kappa shape index (κ1) is 27.0. The average molecular weight is 548 g/mol. The molecule has 1 N–H and O–H groups in total. The third-order valence-corrected chi connectivity index (χ3v) is 8.05. The number of aromatic nitrogens is 3. The Morgan fingerprint density at radius 2 is 1.73 bits per heavy atom. The lowest BCUT2D eigenvalue weighted by atomic mass is 9.98. The van der Waals surface area contributed by atoms with Crippen molar-refractivity contribution in [2.45, 2.75) is 32.2 Å². The lowest BCUT2D eigenvalue weighted by Gasteiger charge is -2.32. The molecule has 0 atom stereocenters. The van der Waals surface area contributed by atoms with Gasteiger partial charge < -0.3 is 15.0 Å². The zero-order valence-electron chi connectivity index (χ0n) is 23.4. The van der Waals surface area contributed by atoms with Gasteiger partial charge in [-0.05, 0) is 74.5 Å². The molecule has 6 rings (SSSR count). The number of hydrogen-bond acceptors (Lipinski definition) is 6. The number of likely N-dealkylation sites (tertiary alicyclic amines) is 1. The Kier molecular flexibility index (Phi) is 8.52. The number of aryl methyl sites for hydroxylation is 2. The lowest BCUT2D eigenvalue weighted by Crippen LogP contribution is -2.38. The molecule has 0 aliphatic carbocycles. The molecule has 2 aromatic heterocycles. The number of piperidine rings is 1. The van der Waals surface area contributed by atoms with Crippen LogP contribution in [0.25, 0.3) is 21.8 Å². The number of hydrogen-bond donors (Lipinski definition) is 1. The molecule has 0 bridgehead atoms. The highest BCUT2D eigenvalue weighted by molar-refractivity contribution is 5.90. The quantitative estimate of drug-likeness (QED) is 0.226. The number of fused-ring (bicyclic) bond motifs is 2. The Bertz CT molecular complexity index is 1640. The molecule has 0 amide bonds. The molecule has 1 fully saturated rings. The predicted octanol–water partition coefficient (Wildman–Crippen LogP) is 5.78. The minimum absolute atomic E-state index is 0.207. The Hall–Kier alpha value is -4.23. The summed E-state index contributed by atoms with van der Waals surface area (Å²) in [6.45, 7) is 5.44. The summed E-state index contributed by atoms with van der Waals surface area (Å²) in [7, 11) is 0. The summed E-state index contributed by atoms with van der Waals surface area (Å²) in [6.07, 6.45) is 7.87. The van der Waals surface area contributed by atoms with Crippen LogP contribution in [-0.4, -0.2) is 52.2 Å². The topological polar surface area (TPSA) is 72.3 Å². The summed E-state index contributed by atoms with van der Waals surface area (Å²) in [5.41, 5.74) is 3.93. The van der Waals surface area contributed by atoms with Crippen molar-refractivity contribution in [2.24, 2.45) is 5.92 Å². The monoisotopic (exact) mass is 547 g/mol. The van der Waals surface area contributed by atoms with Gasteiger partial charge in [-0.1, -0.05) is 48.5 Å². The Balaban J connectivity index is 0.948. The molecular formula is C34H37N5O2. The summed E-state index contributed by atoms with van der Waals surface area (Å²) < 4.78 is 7.88. The zero-order chi connectivity index (χ0) is 27.9. The number of nitrogens with one attached hydrogen (secondary N) is 1.